The Balaban J connectivity index is 2.04. The maximum atomic E-state index is 11.8. The molecule has 6 heteroatoms. The number of rotatable bonds is 4. The van der Waals surface area contributed by atoms with E-state index in [0.29, 0.717) is 21.9 Å². The summed E-state index contributed by atoms with van der Waals surface area (Å²) in [4.78, 5) is 16.7. The van der Waals surface area contributed by atoms with Gasteiger partial charge in [0.25, 0.3) is 0 Å². The van der Waals surface area contributed by atoms with E-state index >= 15 is 0 Å². The number of nitrogens with one attached hydrogen (secondary N) is 1. The van der Waals surface area contributed by atoms with Gasteiger partial charge >= 0.3 is 11.8 Å². The van der Waals surface area contributed by atoms with Crippen molar-refractivity contribution < 1.29 is 19.5 Å². The Morgan fingerprint density at radius 1 is 1.05 bits per heavy atom. The number of carbonyl (C=O) groups is 1. The summed E-state index contributed by atoms with van der Waals surface area (Å²) in [6.45, 7) is 0. The highest BCUT2D eigenvalue weighted by Crippen LogP contribution is 2.11. The lowest BCUT2D eigenvalue weighted by molar-refractivity contribution is -0.721. The summed E-state index contributed by atoms with van der Waals surface area (Å²) >= 11 is 5.78. The summed E-state index contributed by atoms with van der Waals surface area (Å²) in [7, 11) is 1.55. The molecule has 0 saturated carbocycles. The van der Waals surface area contributed by atoms with Crippen LogP contribution in [0.2, 0.25) is 5.02 Å². The van der Waals surface area contributed by atoms with Gasteiger partial charge in [-0.2, -0.15) is 0 Å². The lowest BCUT2D eigenvalue weighted by Crippen LogP contribution is -2.75. The molecule has 0 unspecified atom stereocenters. The number of hydrogen-bond donors (Lipinski definition) is 2. The molecule has 5 nitrogen and oxygen atoms in total. The van der Waals surface area contributed by atoms with Crippen molar-refractivity contribution in [1.29, 1.82) is 0 Å². The minimum Gasteiger partial charge on any atom is -0.497 e. The number of halogens is 1. The Kier molecular flexibility index (Phi) is 4.79. The van der Waals surface area contributed by atoms with Gasteiger partial charge in [0.1, 0.15) is 5.75 Å². The summed E-state index contributed by atoms with van der Waals surface area (Å²) < 4.78 is 5.01. The van der Waals surface area contributed by atoms with Crippen LogP contribution in [0.25, 0.3) is 0 Å². The third kappa shape index (κ3) is 3.97. The minimum atomic E-state index is -0.547. The maximum Gasteiger partial charge on any atom is 0.387 e. The molecule has 0 amide bonds. The Morgan fingerprint density at radius 3 is 2.19 bits per heavy atom. The van der Waals surface area contributed by atoms with Crippen molar-refractivity contribution in [3.8, 4) is 5.75 Å². The van der Waals surface area contributed by atoms with Gasteiger partial charge in [-0.3, -0.25) is 10.6 Å². The second-order valence-corrected chi connectivity index (χ2v) is 4.58. The number of methoxy groups -OCH3 is 1. The molecule has 0 spiro atoms. The average molecular weight is 306 g/mol. The number of carbonyl (C=O) groups excluding carboxylic acids is 1. The van der Waals surface area contributed by atoms with Crippen molar-refractivity contribution in [2.45, 2.75) is 0 Å². The van der Waals surface area contributed by atoms with Gasteiger partial charge in [-0.05, 0) is 48.5 Å². The van der Waals surface area contributed by atoms with E-state index in [1.165, 1.54) is 0 Å². The monoisotopic (exact) mass is 305 g/mol. The van der Waals surface area contributed by atoms with E-state index in [-0.39, 0.29) is 5.84 Å². The standard InChI is InChI=1S/C15H13ClN2O3/c1-20-13-8-4-11(5-9-13)15(19)21-18-14(17)10-2-6-12(16)7-3-10/h2-9H,1H3,(H2,17,18)/p+1. The van der Waals surface area contributed by atoms with E-state index in [1.807, 2.05) is 0 Å². The van der Waals surface area contributed by atoms with Crippen LogP contribution in [0.15, 0.2) is 48.5 Å². The molecule has 0 aliphatic rings. The van der Waals surface area contributed by atoms with Crippen molar-refractivity contribution in [1.82, 2.24) is 0 Å². The lowest BCUT2D eigenvalue weighted by atomic mass is 10.2. The van der Waals surface area contributed by atoms with Gasteiger partial charge in [0.2, 0.25) is 0 Å². The molecule has 0 aliphatic heterocycles. The third-order valence-corrected chi connectivity index (χ3v) is 2.99. The molecule has 0 aliphatic carbocycles. The number of ether oxygens (including phenoxy) is 1. The largest absolute Gasteiger partial charge is 0.497 e. The Bertz CT molecular complexity index is 652. The topological polar surface area (TPSA) is 75.5 Å². The van der Waals surface area contributed by atoms with Crippen LogP contribution < -0.4 is 15.6 Å². The van der Waals surface area contributed by atoms with Crippen LogP contribution in [0.4, 0.5) is 0 Å². The lowest BCUT2D eigenvalue weighted by Gasteiger charge is -2.00. The summed E-state index contributed by atoms with van der Waals surface area (Å²) in [6.07, 6.45) is 0. The molecule has 0 saturated heterocycles. The van der Waals surface area contributed by atoms with E-state index in [4.69, 9.17) is 26.9 Å². The number of nitrogens with two attached hydrogens (primary N) is 1. The van der Waals surface area contributed by atoms with Gasteiger partial charge in [-0.25, -0.2) is 4.79 Å². The smallest absolute Gasteiger partial charge is 0.387 e. The van der Waals surface area contributed by atoms with Crippen LogP contribution in [0, 0.1) is 0 Å². The maximum absolute atomic E-state index is 11.8. The van der Waals surface area contributed by atoms with E-state index in [9.17, 15) is 4.79 Å². The second-order valence-electron chi connectivity index (χ2n) is 4.14. The minimum absolute atomic E-state index is 0.216. The van der Waals surface area contributed by atoms with Crippen LogP contribution >= 0.6 is 11.6 Å². The van der Waals surface area contributed by atoms with Crippen LogP contribution in [-0.2, 0) is 4.84 Å². The van der Waals surface area contributed by atoms with E-state index in [2.05, 4.69) is 5.16 Å². The molecule has 0 atom stereocenters. The Labute approximate surface area is 126 Å². The molecule has 0 heterocycles. The van der Waals surface area contributed by atoms with Crippen LogP contribution in [0.5, 0.6) is 5.75 Å². The summed E-state index contributed by atoms with van der Waals surface area (Å²) in [5.41, 5.74) is 6.83. The van der Waals surface area contributed by atoms with E-state index in [0.717, 1.165) is 0 Å². The SMILES string of the molecule is COc1ccc(C(=O)O[NH+]=C(N)c2ccc(Cl)cc2)cc1. The molecule has 0 fully saturated rings. The number of nitrogen functional groups attached to an aromatic ring is 1. The molecule has 2 aromatic rings. The summed E-state index contributed by atoms with van der Waals surface area (Å²) in [6, 6.07) is 13.3. The van der Waals surface area contributed by atoms with E-state index < -0.39 is 5.97 Å². The van der Waals surface area contributed by atoms with Gasteiger partial charge in [0.15, 0.2) is 0 Å². The first-order chi connectivity index (χ1) is 10.1. The zero-order chi connectivity index (χ0) is 15.2. The van der Waals surface area contributed by atoms with Gasteiger partial charge in [-0.15, -0.1) is 0 Å². The fourth-order valence-electron chi connectivity index (χ4n) is 1.58. The molecule has 2 rings (SSSR count). The zero-order valence-electron chi connectivity index (χ0n) is 11.3. The van der Waals surface area contributed by atoms with Crippen molar-refractivity contribution >= 4 is 23.4 Å². The molecule has 0 aromatic heterocycles. The average Bonchev–Trinajstić information content (AvgIpc) is 2.53. The Hall–Kier alpha value is -2.53. The third-order valence-electron chi connectivity index (χ3n) is 2.73. The van der Waals surface area contributed by atoms with Crippen LogP contribution in [0.3, 0.4) is 0 Å². The van der Waals surface area contributed by atoms with Gasteiger partial charge in [0.05, 0.1) is 18.2 Å². The molecule has 2 aromatic carbocycles. The van der Waals surface area contributed by atoms with Crippen LogP contribution in [0.1, 0.15) is 15.9 Å². The molecular formula is C15H14ClN2O3+. The highest BCUT2D eigenvalue weighted by atomic mass is 35.5. The number of amidine groups is 1. The first kappa shape index (κ1) is 14.9. The fraction of sp³-hybridized carbons (Fsp3) is 0.0667. The molecule has 3 N–H and O–H groups in total. The first-order valence-corrected chi connectivity index (χ1v) is 6.47. The predicted molar refractivity (Wildman–Crippen MR) is 79.1 cm³/mol. The molecule has 108 valence electrons. The van der Waals surface area contributed by atoms with Crippen molar-refractivity contribution in [3.63, 3.8) is 0 Å². The van der Waals surface area contributed by atoms with Gasteiger partial charge in [0, 0.05) is 5.02 Å². The predicted octanol–water partition coefficient (Wildman–Crippen LogP) is 0.907. The fourth-order valence-corrected chi connectivity index (χ4v) is 1.70. The molecule has 0 radical (unpaired) electrons. The zero-order valence-corrected chi connectivity index (χ0v) is 12.1. The van der Waals surface area contributed by atoms with Gasteiger partial charge in [-0.1, -0.05) is 16.8 Å². The Morgan fingerprint density at radius 2 is 1.62 bits per heavy atom. The van der Waals surface area contributed by atoms with Crippen molar-refractivity contribution in [2.75, 3.05) is 7.11 Å². The first-order valence-electron chi connectivity index (χ1n) is 6.10. The molecule has 0 bridgehead atoms. The molecule has 21 heavy (non-hydrogen) atoms. The van der Waals surface area contributed by atoms with Crippen molar-refractivity contribution in [3.05, 3.63) is 64.7 Å². The molecular weight excluding hydrogens is 292 g/mol. The van der Waals surface area contributed by atoms with E-state index in [1.54, 1.807) is 55.6 Å². The highest BCUT2D eigenvalue weighted by Gasteiger charge is 2.10. The number of benzene rings is 2. The summed E-state index contributed by atoms with van der Waals surface area (Å²) in [5, 5.41) is 3.01. The quantitative estimate of drug-likeness (QED) is 0.381. The van der Waals surface area contributed by atoms with Crippen LogP contribution in [-0.4, -0.2) is 18.9 Å². The number of hydrogen-bond acceptors (Lipinski definition) is 3. The highest BCUT2D eigenvalue weighted by molar-refractivity contribution is 6.30. The van der Waals surface area contributed by atoms with Crippen molar-refractivity contribution in [2.24, 2.45) is 5.73 Å². The second kappa shape index (κ2) is 6.76. The normalized spacial score (nSPS) is 11.0. The van der Waals surface area contributed by atoms with Gasteiger partial charge < -0.3 is 4.74 Å². The summed E-state index contributed by atoms with van der Waals surface area (Å²) in [5.74, 6) is 0.329.